The van der Waals surface area contributed by atoms with Crippen LogP contribution in [0.2, 0.25) is 0 Å². The fraction of sp³-hybridized carbons (Fsp3) is 0.300. The lowest BCUT2D eigenvalue weighted by atomic mass is 10.4. The molecule has 0 saturated heterocycles. The molecule has 2 aromatic rings. The van der Waals surface area contributed by atoms with Gasteiger partial charge in [-0.3, -0.25) is 0 Å². The summed E-state index contributed by atoms with van der Waals surface area (Å²) in [7, 11) is 0. The van der Waals surface area contributed by atoms with Crippen LogP contribution in [0.5, 0.6) is 0 Å². The number of thiophene rings is 1. The van der Waals surface area contributed by atoms with Crippen molar-refractivity contribution in [2.75, 3.05) is 5.32 Å². The minimum absolute atomic E-state index is 0. The van der Waals surface area contributed by atoms with Gasteiger partial charge in [0, 0.05) is 11.4 Å². The van der Waals surface area contributed by atoms with Crippen molar-refractivity contribution < 1.29 is 8.78 Å². The van der Waals surface area contributed by atoms with Gasteiger partial charge in [0.25, 0.3) is 0 Å². The van der Waals surface area contributed by atoms with Gasteiger partial charge in [-0.2, -0.15) is 13.9 Å². The fourth-order valence-corrected chi connectivity index (χ4v) is 2.00. The van der Waals surface area contributed by atoms with Crippen molar-refractivity contribution in [2.45, 2.75) is 20.0 Å². The van der Waals surface area contributed by atoms with E-state index in [1.165, 1.54) is 6.20 Å². The molecule has 2 aromatic heterocycles. The monoisotopic (exact) mass is 279 g/mol. The van der Waals surface area contributed by atoms with Gasteiger partial charge in [-0.15, -0.1) is 23.7 Å². The number of alkyl halides is 2. The second kappa shape index (κ2) is 5.97. The van der Waals surface area contributed by atoms with Crippen molar-refractivity contribution in [3.63, 3.8) is 0 Å². The van der Waals surface area contributed by atoms with Crippen LogP contribution >= 0.6 is 23.7 Å². The predicted molar refractivity (Wildman–Crippen MR) is 67.1 cm³/mol. The maximum absolute atomic E-state index is 12.3. The summed E-state index contributed by atoms with van der Waals surface area (Å²) in [5, 5.41) is 8.78. The summed E-state index contributed by atoms with van der Waals surface area (Å²) < 4.78 is 25.4. The summed E-state index contributed by atoms with van der Waals surface area (Å²) in [6.07, 6.45) is 1.33. The number of halogens is 3. The largest absolute Gasteiger partial charge is 0.377 e. The van der Waals surface area contributed by atoms with Gasteiger partial charge in [-0.05, 0) is 18.4 Å². The lowest BCUT2D eigenvalue weighted by Gasteiger charge is -2.01. The highest BCUT2D eigenvalue weighted by atomic mass is 35.5. The second-order valence-corrected chi connectivity index (χ2v) is 4.35. The van der Waals surface area contributed by atoms with E-state index in [1.54, 1.807) is 18.3 Å². The summed E-state index contributed by atoms with van der Waals surface area (Å²) in [5.74, 6) is 0. The molecule has 0 aliphatic carbocycles. The Hall–Kier alpha value is -1.14. The van der Waals surface area contributed by atoms with Crippen LogP contribution in [-0.4, -0.2) is 9.78 Å². The van der Waals surface area contributed by atoms with Gasteiger partial charge in [0.15, 0.2) is 0 Å². The minimum atomic E-state index is -2.59. The van der Waals surface area contributed by atoms with Crippen molar-refractivity contribution in [1.29, 1.82) is 0 Å². The molecule has 0 fully saturated rings. The van der Waals surface area contributed by atoms with Crippen molar-refractivity contribution in [3.8, 4) is 0 Å². The minimum Gasteiger partial charge on any atom is -0.377 e. The molecular weight excluding hydrogens is 268 g/mol. The highest BCUT2D eigenvalue weighted by Gasteiger charge is 2.10. The van der Waals surface area contributed by atoms with Gasteiger partial charge in [0.1, 0.15) is 0 Å². The van der Waals surface area contributed by atoms with E-state index in [1.807, 2.05) is 17.5 Å². The Morgan fingerprint density at radius 1 is 1.53 bits per heavy atom. The number of nitrogens with one attached hydrogen (secondary N) is 1. The first kappa shape index (κ1) is 13.9. The molecule has 2 heterocycles. The van der Waals surface area contributed by atoms with Crippen LogP contribution in [0.15, 0.2) is 23.7 Å². The Labute approximate surface area is 108 Å². The number of rotatable bonds is 4. The van der Waals surface area contributed by atoms with Crippen molar-refractivity contribution in [2.24, 2.45) is 0 Å². The van der Waals surface area contributed by atoms with Gasteiger partial charge in [-0.25, -0.2) is 4.68 Å². The zero-order chi connectivity index (χ0) is 11.5. The molecule has 0 amide bonds. The molecule has 7 heteroatoms. The average Bonchev–Trinajstić information content (AvgIpc) is 2.84. The first-order chi connectivity index (χ1) is 7.66. The lowest BCUT2D eigenvalue weighted by Crippen LogP contribution is -1.98. The Balaban J connectivity index is 0.00000144. The second-order valence-electron chi connectivity index (χ2n) is 3.32. The van der Waals surface area contributed by atoms with Crippen LogP contribution in [0.3, 0.4) is 0 Å². The summed E-state index contributed by atoms with van der Waals surface area (Å²) in [6, 6.07) is 3.95. The van der Waals surface area contributed by atoms with Crippen LogP contribution < -0.4 is 5.32 Å². The Morgan fingerprint density at radius 2 is 2.29 bits per heavy atom. The predicted octanol–water partition coefficient (Wildman–Crippen LogP) is 3.68. The van der Waals surface area contributed by atoms with Gasteiger partial charge >= 0.3 is 6.55 Å². The smallest absolute Gasteiger partial charge is 0.333 e. The first-order valence-electron chi connectivity index (χ1n) is 4.77. The molecule has 0 aromatic carbocycles. The summed E-state index contributed by atoms with van der Waals surface area (Å²) in [6.45, 7) is -0.251. The maximum atomic E-state index is 12.3. The van der Waals surface area contributed by atoms with E-state index >= 15 is 0 Å². The average molecular weight is 280 g/mol. The molecular formula is C10H12ClF2N3S. The van der Waals surface area contributed by atoms with Gasteiger partial charge in [0.2, 0.25) is 0 Å². The molecule has 1 N–H and O–H groups in total. The Bertz CT molecular complexity index is 456. The summed E-state index contributed by atoms with van der Waals surface area (Å²) >= 11 is 1.62. The van der Waals surface area contributed by atoms with Gasteiger partial charge in [0.05, 0.1) is 17.6 Å². The van der Waals surface area contributed by atoms with E-state index in [4.69, 9.17) is 0 Å². The zero-order valence-electron chi connectivity index (χ0n) is 9.06. The molecule has 2 rings (SSSR count). The van der Waals surface area contributed by atoms with E-state index in [-0.39, 0.29) is 12.4 Å². The van der Waals surface area contributed by atoms with Crippen LogP contribution in [0.25, 0.3) is 0 Å². The molecule has 0 radical (unpaired) electrons. The standard InChI is InChI=1S/C10H11F2N3S.ClH/c1-7-9(6-15(14-7)10(11)12)13-5-8-3-2-4-16-8;/h2-4,6,10,13H,5H2,1H3;1H. The van der Waals surface area contributed by atoms with Crippen LogP contribution in [0.1, 0.15) is 17.1 Å². The highest BCUT2D eigenvalue weighted by molar-refractivity contribution is 7.09. The van der Waals surface area contributed by atoms with E-state index < -0.39 is 6.55 Å². The van der Waals surface area contributed by atoms with Crippen molar-refractivity contribution in [3.05, 3.63) is 34.3 Å². The molecule has 3 nitrogen and oxygen atoms in total. The highest BCUT2D eigenvalue weighted by Crippen LogP contribution is 2.19. The molecule has 0 bridgehead atoms. The lowest BCUT2D eigenvalue weighted by molar-refractivity contribution is 0.0563. The van der Waals surface area contributed by atoms with Gasteiger partial charge < -0.3 is 5.32 Å². The number of hydrogen-bond donors (Lipinski definition) is 1. The zero-order valence-corrected chi connectivity index (χ0v) is 10.7. The first-order valence-corrected chi connectivity index (χ1v) is 5.65. The normalized spacial score (nSPS) is 10.4. The number of aryl methyl sites for hydroxylation is 1. The summed E-state index contributed by atoms with van der Waals surface area (Å²) in [4.78, 5) is 1.16. The molecule has 0 spiro atoms. The summed E-state index contributed by atoms with van der Waals surface area (Å²) in [5.41, 5.74) is 1.23. The number of aromatic nitrogens is 2. The topological polar surface area (TPSA) is 29.9 Å². The number of anilines is 1. The van der Waals surface area contributed by atoms with Crippen molar-refractivity contribution in [1.82, 2.24) is 9.78 Å². The molecule has 94 valence electrons. The molecule has 0 aliphatic heterocycles. The maximum Gasteiger partial charge on any atom is 0.333 e. The Morgan fingerprint density at radius 3 is 2.82 bits per heavy atom. The Kier molecular flexibility index (Phi) is 4.89. The van der Waals surface area contributed by atoms with E-state index in [9.17, 15) is 8.78 Å². The van der Waals surface area contributed by atoms with Crippen molar-refractivity contribution >= 4 is 29.4 Å². The molecule has 0 atom stereocenters. The van der Waals surface area contributed by atoms with E-state index in [0.717, 1.165) is 4.88 Å². The van der Waals surface area contributed by atoms with Crippen LogP contribution in [-0.2, 0) is 6.54 Å². The third-order valence-corrected chi connectivity index (χ3v) is 3.03. The SMILES string of the molecule is Cc1nn(C(F)F)cc1NCc1cccs1.Cl. The molecule has 0 aliphatic rings. The molecule has 0 saturated carbocycles. The fourth-order valence-electron chi connectivity index (χ4n) is 1.35. The third kappa shape index (κ3) is 3.41. The quantitative estimate of drug-likeness (QED) is 0.925. The molecule has 0 unspecified atom stereocenters. The van der Waals surface area contributed by atoms with Crippen LogP contribution in [0, 0.1) is 6.92 Å². The van der Waals surface area contributed by atoms with E-state index in [2.05, 4.69) is 10.4 Å². The number of nitrogens with zero attached hydrogens (tertiary/aromatic N) is 2. The number of hydrogen-bond acceptors (Lipinski definition) is 3. The van der Waals surface area contributed by atoms with Crippen LogP contribution in [0.4, 0.5) is 14.5 Å². The molecule has 17 heavy (non-hydrogen) atoms. The third-order valence-electron chi connectivity index (χ3n) is 2.15. The van der Waals surface area contributed by atoms with E-state index in [0.29, 0.717) is 22.6 Å². The van der Waals surface area contributed by atoms with Gasteiger partial charge in [-0.1, -0.05) is 6.07 Å².